The topological polar surface area (TPSA) is 0 Å². The van der Waals surface area contributed by atoms with E-state index in [1.165, 1.54) is 11.1 Å². The Kier molecular flexibility index (Phi) is 2.50. The molecule has 0 aromatic heterocycles. The number of halogens is 1. The van der Waals surface area contributed by atoms with Gasteiger partial charge in [0.25, 0.3) is 0 Å². The first-order chi connectivity index (χ1) is 4.70. The maximum atomic E-state index is 3.51. The summed E-state index contributed by atoms with van der Waals surface area (Å²) in [7, 11) is 0. The van der Waals surface area contributed by atoms with Crippen molar-refractivity contribution in [3.8, 4) is 0 Å². The fourth-order valence-electron chi connectivity index (χ4n) is 0.832. The first kappa shape index (κ1) is 7.80. The van der Waals surface area contributed by atoms with Crippen LogP contribution in [0, 0.1) is 6.92 Å². The highest BCUT2D eigenvalue weighted by Crippen LogP contribution is 2.21. The molecule has 10 heavy (non-hydrogen) atoms. The molecule has 0 nitrogen and oxygen atoms in total. The van der Waals surface area contributed by atoms with Crippen LogP contribution < -0.4 is 0 Å². The van der Waals surface area contributed by atoms with Gasteiger partial charge in [0.2, 0.25) is 0 Å². The number of hydrogen-bond acceptors (Lipinski definition) is 0. The molecule has 0 spiro atoms. The van der Waals surface area contributed by atoms with E-state index in [-0.39, 0.29) is 0 Å². The van der Waals surface area contributed by atoms with Crippen LogP contribution in [0.3, 0.4) is 0 Å². The summed E-state index contributed by atoms with van der Waals surface area (Å²) in [6.45, 7) is 4.23. The lowest BCUT2D eigenvalue weighted by molar-refractivity contribution is 1.12. The summed E-state index contributed by atoms with van der Waals surface area (Å²) in [5, 5.41) is 0. The second kappa shape index (κ2) is 3.20. The molecular formula is C9H11Br. The summed E-state index contributed by atoms with van der Waals surface area (Å²) in [6, 6.07) is 8.56. The van der Waals surface area contributed by atoms with E-state index in [0.29, 0.717) is 4.83 Å². The van der Waals surface area contributed by atoms with E-state index in [1.807, 2.05) is 0 Å². The molecule has 1 aromatic carbocycles. The zero-order valence-electron chi connectivity index (χ0n) is 6.26. The van der Waals surface area contributed by atoms with E-state index < -0.39 is 0 Å². The predicted octanol–water partition coefficient (Wildman–Crippen LogP) is 3.45. The molecule has 1 rings (SSSR count). The molecule has 0 aliphatic carbocycles. The van der Waals surface area contributed by atoms with Crippen LogP contribution in [0.5, 0.6) is 0 Å². The van der Waals surface area contributed by atoms with Crippen molar-refractivity contribution in [3.05, 3.63) is 35.4 Å². The normalized spacial score (nSPS) is 13.1. The van der Waals surface area contributed by atoms with Gasteiger partial charge in [0.1, 0.15) is 0 Å². The molecule has 1 atom stereocenters. The SMILES string of the molecule is Cc1ccc([C@@H](C)Br)cc1. The van der Waals surface area contributed by atoms with Crippen LogP contribution in [0.15, 0.2) is 24.3 Å². The molecule has 0 amide bonds. The molecule has 0 radical (unpaired) electrons. The Hall–Kier alpha value is -0.300. The van der Waals surface area contributed by atoms with Gasteiger partial charge in [-0.15, -0.1) is 0 Å². The van der Waals surface area contributed by atoms with Crippen molar-refractivity contribution in [3.63, 3.8) is 0 Å². The fourth-order valence-corrected chi connectivity index (χ4v) is 1.14. The smallest absolute Gasteiger partial charge is 0.0367 e. The first-order valence-electron chi connectivity index (χ1n) is 3.41. The molecule has 0 saturated heterocycles. The minimum Gasteiger partial charge on any atom is -0.0842 e. The molecule has 54 valence electrons. The maximum absolute atomic E-state index is 3.51. The zero-order valence-corrected chi connectivity index (χ0v) is 7.85. The van der Waals surface area contributed by atoms with Crippen molar-refractivity contribution in [2.75, 3.05) is 0 Å². The molecule has 0 unspecified atom stereocenters. The third kappa shape index (κ3) is 1.84. The number of rotatable bonds is 1. The molecule has 1 heteroatoms. The molecule has 0 N–H and O–H groups in total. The van der Waals surface area contributed by atoms with Crippen molar-refractivity contribution < 1.29 is 0 Å². The van der Waals surface area contributed by atoms with Crippen LogP contribution >= 0.6 is 15.9 Å². The number of hydrogen-bond donors (Lipinski definition) is 0. The minimum atomic E-state index is 0.466. The third-order valence-electron chi connectivity index (χ3n) is 1.54. The van der Waals surface area contributed by atoms with Crippen molar-refractivity contribution in [2.24, 2.45) is 0 Å². The van der Waals surface area contributed by atoms with Gasteiger partial charge in [-0.3, -0.25) is 0 Å². The van der Waals surface area contributed by atoms with Crippen molar-refractivity contribution >= 4 is 15.9 Å². The summed E-state index contributed by atoms with van der Waals surface area (Å²) in [6.07, 6.45) is 0. The first-order valence-corrected chi connectivity index (χ1v) is 4.32. The zero-order chi connectivity index (χ0) is 7.56. The molecule has 1 aromatic rings. The molecule has 0 heterocycles. The van der Waals surface area contributed by atoms with E-state index in [2.05, 4.69) is 54.0 Å². The molecular weight excluding hydrogens is 188 g/mol. The quantitative estimate of drug-likeness (QED) is 0.607. The summed E-state index contributed by atoms with van der Waals surface area (Å²) < 4.78 is 0. The van der Waals surface area contributed by atoms with Crippen LogP contribution in [0.2, 0.25) is 0 Å². The molecule has 0 saturated carbocycles. The molecule has 0 aliphatic heterocycles. The van der Waals surface area contributed by atoms with Gasteiger partial charge < -0.3 is 0 Å². The summed E-state index contributed by atoms with van der Waals surface area (Å²) in [5.41, 5.74) is 2.66. The van der Waals surface area contributed by atoms with Crippen molar-refractivity contribution in [1.82, 2.24) is 0 Å². The number of benzene rings is 1. The highest BCUT2D eigenvalue weighted by atomic mass is 79.9. The van der Waals surface area contributed by atoms with Crippen molar-refractivity contribution in [1.29, 1.82) is 0 Å². The lowest BCUT2D eigenvalue weighted by Gasteiger charge is -2.02. The molecule has 0 fully saturated rings. The summed E-state index contributed by atoms with van der Waals surface area (Å²) in [5.74, 6) is 0. The van der Waals surface area contributed by atoms with E-state index in [9.17, 15) is 0 Å². The van der Waals surface area contributed by atoms with Gasteiger partial charge in [-0.2, -0.15) is 0 Å². The Morgan fingerprint density at radius 3 is 2.10 bits per heavy atom. The van der Waals surface area contributed by atoms with Crippen LogP contribution in [-0.4, -0.2) is 0 Å². The summed E-state index contributed by atoms with van der Waals surface area (Å²) in [4.78, 5) is 0.466. The largest absolute Gasteiger partial charge is 0.0842 e. The Balaban J connectivity index is 2.89. The van der Waals surface area contributed by atoms with E-state index in [0.717, 1.165) is 0 Å². The van der Waals surface area contributed by atoms with Crippen LogP contribution in [-0.2, 0) is 0 Å². The van der Waals surface area contributed by atoms with Gasteiger partial charge in [-0.1, -0.05) is 45.8 Å². The monoisotopic (exact) mass is 198 g/mol. The summed E-state index contributed by atoms with van der Waals surface area (Å²) >= 11 is 3.51. The standard InChI is InChI=1S/C9H11Br/c1-7-3-5-9(6-4-7)8(2)10/h3-6,8H,1-2H3/t8-/m1/s1. The third-order valence-corrected chi connectivity index (χ3v) is 2.07. The Labute approximate surface area is 70.4 Å². The van der Waals surface area contributed by atoms with E-state index in [1.54, 1.807) is 0 Å². The number of aryl methyl sites for hydroxylation is 1. The highest BCUT2D eigenvalue weighted by Gasteiger charge is 1.97. The Morgan fingerprint density at radius 2 is 1.70 bits per heavy atom. The van der Waals surface area contributed by atoms with Crippen LogP contribution in [0.25, 0.3) is 0 Å². The van der Waals surface area contributed by atoms with Gasteiger partial charge in [-0.25, -0.2) is 0 Å². The van der Waals surface area contributed by atoms with E-state index >= 15 is 0 Å². The van der Waals surface area contributed by atoms with Crippen LogP contribution in [0.4, 0.5) is 0 Å². The highest BCUT2D eigenvalue weighted by molar-refractivity contribution is 9.09. The second-order valence-corrected chi connectivity index (χ2v) is 3.90. The van der Waals surface area contributed by atoms with Gasteiger partial charge in [0, 0.05) is 4.83 Å². The fraction of sp³-hybridized carbons (Fsp3) is 0.333. The Morgan fingerprint density at radius 1 is 1.20 bits per heavy atom. The minimum absolute atomic E-state index is 0.466. The lowest BCUT2D eigenvalue weighted by atomic mass is 10.1. The van der Waals surface area contributed by atoms with Gasteiger partial charge in [0.15, 0.2) is 0 Å². The average Bonchev–Trinajstić information content (AvgIpc) is 1.88. The number of alkyl halides is 1. The molecule has 0 aliphatic rings. The van der Waals surface area contributed by atoms with Gasteiger partial charge >= 0.3 is 0 Å². The van der Waals surface area contributed by atoms with Gasteiger partial charge in [-0.05, 0) is 19.4 Å². The molecule has 0 bridgehead atoms. The maximum Gasteiger partial charge on any atom is 0.0367 e. The van der Waals surface area contributed by atoms with Crippen molar-refractivity contribution in [2.45, 2.75) is 18.7 Å². The lowest BCUT2D eigenvalue weighted by Crippen LogP contribution is -1.82. The van der Waals surface area contributed by atoms with E-state index in [4.69, 9.17) is 0 Å². The van der Waals surface area contributed by atoms with Gasteiger partial charge in [0.05, 0.1) is 0 Å². The predicted molar refractivity (Wildman–Crippen MR) is 48.5 cm³/mol. The average molecular weight is 199 g/mol. The van der Waals surface area contributed by atoms with Crippen LogP contribution in [0.1, 0.15) is 22.9 Å². The Bertz CT molecular complexity index is 198. The second-order valence-electron chi connectivity index (χ2n) is 2.53.